The lowest BCUT2D eigenvalue weighted by atomic mass is 10.00. The van der Waals surface area contributed by atoms with E-state index in [1.807, 2.05) is 0 Å². The second-order valence-electron chi connectivity index (χ2n) is 12.2. The molecule has 8 aromatic rings. The SMILES string of the molecule is C(C=Cc1ccc(N(c2ccccc2)c2ccccc2)c2ccccc12)=Cc1ccc(N(c2ccccc2)c2ccccc2)c2ccccc12. The van der Waals surface area contributed by atoms with Gasteiger partial charge in [-0.1, -0.05) is 158 Å². The number of anilines is 6. The van der Waals surface area contributed by atoms with Crippen LogP contribution in [0.25, 0.3) is 33.7 Å². The first kappa shape index (κ1) is 30.7. The number of hydrogen-bond donors (Lipinski definition) is 0. The molecule has 0 radical (unpaired) electrons. The molecule has 0 aromatic heterocycles. The highest BCUT2D eigenvalue weighted by molar-refractivity contribution is 6.04. The maximum Gasteiger partial charge on any atom is 0.0540 e. The molecule has 50 heavy (non-hydrogen) atoms. The van der Waals surface area contributed by atoms with Crippen LogP contribution in [0.2, 0.25) is 0 Å². The predicted octanol–water partition coefficient (Wildman–Crippen LogP) is 13.7. The van der Waals surface area contributed by atoms with Crippen molar-refractivity contribution in [2.24, 2.45) is 0 Å². The topological polar surface area (TPSA) is 6.48 Å². The van der Waals surface area contributed by atoms with Crippen molar-refractivity contribution in [3.8, 4) is 0 Å². The summed E-state index contributed by atoms with van der Waals surface area (Å²) >= 11 is 0. The van der Waals surface area contributed by atoms with Crippen molar-refractivity contribution in [2.75, 3.05) is 9.80 Å². The third-order valence-corrected chi connectivity index (χ3v) is 9.07. The molecule has 0 unspecified atom stereocenters. The second kappa shape index (κ2) is 14.2. The molecule has 0 saturated carbocycles. The Morgan fingerprint density at radius 3 is 0.860 bits per heavy atom. The van der Waals surface area contributed by atoms with Crippen LogP contribution < -0.4 is 9.80 Å². The van der Waals surface area contributed by atoms with Crippen molar-refractivity contribution < 1.29 is 0 Å². The number of rotatable bonds is 9. The Labute approximate surface area is 294 Å². The lowest BCUT2D eigenvalue weighted by molar-refractivity contribution is 1.30. The van der Waals surface area contributed by atoms with E-state index in [2.05, 4.69) is 228 Å². The van der Waals surface area contributed by atoms with Crippen molar-refractivity contribution in [1.29, 1.82) is 0 Å². The number of benzene rings is 8. The smallest absolute Gasteiger partial charge is 0.0540 e. The molecule has 8 rings (SSSR count). The van der Waals surface area contributed by atoms with Gasteiger partial charge in [0.15, 0.2) is 0 Å². The summed E-state index contributed by atoms with van der Waals surface area (Å²) in [4.78, 5) is 4.67. The molecule has 2 nitrogen and oxygen atoms in total. The minimum Gasteiger partial charge on any atom is -0.310 e. The molecule has 238 valence electrons. The molecule has 0 aliphatic heterocycles. The maximum absolute atomic E-state index is 2.33. The van der Waals surface area contributed by atoms with Crippen LogP contribution in [0.3, 0.4) is 0 Å². The lowest BCUT2D eigenvalue weighted by Gasteiger charge is -2.27. The summed E-state index contributed by atoms with van der Waals surface area (Å²) in [6.07, 6.45) is 8.72. The Bertz CT molecular complexity index is 2160. The zero-order valence-corrected chi connectivity index (χ0v) is 27.7. The average Bonchev–Trinajstić information content (AvgIpc) is 3.19. The average molecular weight is 641 g/mol. The molecule has 2 heteroatoms. The molecule has 0 N–H and O–H groups in total. The zero-order chi connectivity index (χ0) is 33.5. The van der Waals surface area contributed by atoms with Gasteiger partial charge < -0.3 is 9.80 Å². The van der Waals surface area contributed by atoms with Crippen molar-refractivity contribution in [3.63, 3.8) is 0 Å². The van der Waals surface area contributed by atoms with Crippen LogP contribution in [-0.4, -0.2) is 0 Å². The molecule has 0 amide bonds. The van der Waals surface area contributed by atoms with Gasteiger partial charge >= 0.3 is 0 Å². The van der Waals surface area contributed by atoms with E-state index in [9.17, 15) is 0 Å². The second-order valence-corrected chi connectivity index (χ2v) is 12.2. The summed E-state index contributed by atoms with van der Waals surface area (Å²) in [5, 5.41) is 4.83. The highest BCUT2D eigenvalue weighted by Crippen LogP contribution is 2.41. The molecule has 0 atom stereocenters. The van der Waals surface area contributed by atoms with Gasteiger partial charge in [-0.25, -0.2) is 0 Å². The van der Waals surface area contributed by atoms with E-state index in [-0.39, 0.29) is 0 Å². The minimum atomic E-state index is 1.13. The third-order valence-electron chi connectivity index (χ3n) is 9.07. The van der Waals surface area contributed by atoms with Crippen LogP contribution in [0.15, 0.2) is 206 Å². The first-order chi connectivity index (χ1) is 24.8. The lowest BCUT2D eigenvalue weighted by Crippen LogP contribution is -2.10. The van der Waals surface area contributed by atoms with Gasteiger partial charge in [0, 0.05) is 33.5 Å². The van der Waals surface area contributed by atoms with Gasteiger partial charge in [0.05, 0.1) is 11.4 Å². The van der Waals surface area contributed by atoms with E-state index in [1.54, 1.807) is 0 Å². The van der Waals surface area contributed by atoms with E-state index < -0.39 is 0 Å². The standard InChI is InChI=1S/C48H36N2/c1-5-21-39(22-6-1)49(40-23-7-2-8-24-40)47-35-33-37(43-29-15-17-31-45(43)47)19-13-14-20-38-34-36-48(46-32-18-16-30-44(38)46)50(41-25-9-3-10-26-41)42-27-11-4-12-28-42/h1-36H. The quantitative estimate of drug-likeness (QED) is 0.145. The summed E-state index contributed by atoms with van der Waals surface area (Å²) in [5.74, 6) is 0. The molecule has 0 fully saturated rings. The molecule has 8 aromatic carbocycles. The number of para-hydroxylation sites is 4. The Balaban J connectivity index is 1.14. The predicted molar refractivity (Wildman–Crippen MR) is 215 cm³/mol. The van der Waals surface area contributed by atoms with Crippen LogP contribution in [-0.2, 0) is 0 Å². The number of allylic oxidation sites excluding steroid dienone is 2. The molecule has 0 aliphatic rings. The Hall–Kier alpha value is -6.64. The monoisotopic (exact) mass is 640 g/mol. The minimum absolute atomic E-state index is 1.13. The van der Waals surface area contributed by atoms with Gasteiger partial charge in [0.2, 0.25) is 0 Å². The van der Waals surface area contributed by atoms with Crippen LogP contribution in [0.1, 0.15) is 11.1 Å². The number of hydrogen-bond acceptors (Lipinski definition) is 2. The fourth-order valence-corrected chi connectivity index (χ4v) is 6.77. The molecule has 0 spiro atoms. The Morgan fingerprint density at radius 1 is 0.260 bits per heavy atom. The van der Waals surface area contributed by atoms with Gasteiger partial charge in [-0.3, -0.25) is 0 Å². The summed E-state index contributed by atoms with van der Waals surface area (Å²) in [5.41, 5.74) is 9.17. The van der Waals surface area contributed by atoms with Crippen LogP contribution in [0.5, 0.6) is 0 Å². The van der Waals surface area contributed by atoms with Crippen LogP contribution in [0, 0.1) is 0 Å². The van der Waals surface area contributed by atoms with E-state index in [4.69, 9.17) is 0 Å². The van der Waals surface area contributed by atoms with Gasteiger partial charge in [0.1, 0.15) is 0 Å². The first-order valence-corrected chi connectivity index (χ1v) is 17.0. The summed E-state index contributed by atoms with van der Waals surface area (Å²) in [6.45, 7) is 0. The summed E-state index contributed by atoms with van der Waals surface area (Å²) in [7, 11) is 0. The van der Waals surface area contributed by atoms with Gasteiger partial charge in [0.25, 0.3) is 0 Å². The first-order valence-electron chi connectivity index (χ1n) is 17.0. The van der Waals surface area contributed by atoms with E-state index in [1.165, 1.54) is 32.7 Å². The molecule has 0 aliphatic carbocycles. The molecular formula is C48H36N2. The highest BCUT2D eigenvalue weighted by Gasteiger charge is 2.17. The van der Waals surface area contributed by atoms with Gasteiger partial charge in [-0.15, -0.1) is 0 Å². The van der Waals surface area contributed by atoms with Gasteiger partial charge in [-0.2, -0.15) is 0 Å². The number of nitrogens with zero attached hydrogens (tertiary/aromatic N) is 2. The zero-order valence-electron chi connectivity index (χ0n) is 27.7. The Morgan fingerprint density at radius 2 is 0.540 bits per heavy atom. The Kier molecular flexibility index (Phi) is 8.73. The largest absolute Gasteiger partial charge is 0.310 e. The molecule has 0 saturated heterocycles. The van der Waals surface area contributed by atoms with Crippen molar-refractivity contribution in [3.05, 3.63) is 217 Å². The van der Waals surface area contributed by atoms with Crippen molar-refractivity contribution in [1.82, 2.24) is 0 Å². The fourth-order valence-electron chi connectivity index (χ4n) is 6.77. The fraction of sp³-hybridized carbons (Fsp3) is 0. The van der Waals surface area contributed by atoms with Crippen LogP contribution in [0.4, 0.5) is 34.1 Å². The summed E-state index contributed by atoms with van der Waals surface area (Å²) in [6, 6.07) is 68.6. The normalized spacial score (nSPS) is 11.4. The van der Waals surface area contributed by atoms with Gasteiger partial charge in [-0.05, 0) is 82.6 Å². The van der Waals surface area contributed by atoms with E-state index in [0.717, 1.165) is 34.1 Å². The molecule has 0 bridgehead atoms. The van der Waals surface area contributed by atoms with Crippen molar-refractivity contribution in [2.45, 2.75) is 0 Å². The highest BCUT2D eigenvalue weighted by atomic mass is 15.1. The van der Waals surface area contributed by atoms with E-state index in [0.29, 0.717) is 0 Å². The summed E-state index contributed by atoms with van der Waals surface area (Å²) < 4.78 is 0. The molecular weight excluding hydrogens is 605 g/mol. The number of fused-ring (bicyclic) bond motifs is 2. The van der Waals surface area contributed by atoms with Crippen LogP contribution >= 0.6 is 0 Å². The third kappa shape index (κ3) is 6.19. The van der Waals surface area contributed by atoms with E-state index >= 15 is 0 Å². The van der Waals surface area contributed by atoms with Crippen molar-refractivity contribution >= 4 is 67.8 Å². The molecule has 0 heterocycles. The maximum atomic E-state index is 2.33.